The minimum Gasteiger partial charge on any atom is -0.472 e. The summed E-state index contributed by atoms with van der Waals surface area (Å²) in [5, 5.41) is 22.8. The molecule has 0 radical (unpaired) electrons. The van der Waals surface area contributed by atoms with E-state index in [1.165, 1.54) is 11.1 Å². The predicted molar refractivity (Wildman–Crippen MR) is 199 cm³/mol. The molecule has 296 valence electrons. The summed E-state index contributed by atoms with van der Waals surface area (Å²) in [6.07, 6.45) is 5.59. The molecule has 14 nitrogen and oxygen atoms in total. The fraction of sp³-hybridized carbons (Fsp3) is 0.737. The van der Waals surface area contributed by atoms with E-state index in [2.05, 4.69) is 26.3 Å². The molecule has 2 aliphatic carbocycles. The molecular formula is C38H59ClN6O8. The van der Waals surface area contributed by atoms with Gasteiger partial charge >= 0.3 is 6.09 Å². The van der Waals surface area contributed by atoms with Gasteiger partial charge in [0.15, 0.2) is 6.10 Å². The Hall–Kier alpha value is -3.65. The van der Waals surface area contributed by atoms with Gasteiger partial charge in [0.2, 0.25) is 23.6 Å². The Bertz CT molecular complexity index is 1440. The summed E-state index contributed by atoms with van der Waals surface area (Å²) in [6.45, 7) is 12.6. The number of nitrogens with one attached hydrogen (secondary N) is 4. The highest BCUT2D eigenvalue weighted by Crippen LogP contribution is 2.31. The molecule has 2 saturated carbocycles. The highest BCUT2D eigenvalue weighted by Gasteiger charge is 2.47. The van der Waals surface area contributed by atoms with E-state index in [1.807, 2.05) is 27.7 Å². The normalized spacial score (nSPS) is 21.8. The van der Waals surface area contributed by atoms with Crippen LogP contribution >= 0.6 is 11.6 Å². The summed E-state index contributed by atoms with van der Waals surface area (Å²) in [4.78, 5) is 74.3. The number of rotatable bonds is 14. The highest BCUT2D eigenvalue weighted by molar-refractivity contribution is 6.30. The molecule has 5 amide bonds. The summed E-state index contributed by atoms with van der Waals surface area (Å²) < 4.78 is 11.6. The maximum absolute atomic E-state index is 14.7. The zero-order valence-electron chi connectivity index (χ0n) is 32.2. The molecule has 3 aliphatic rings. The van der Waals surface area contributed by atoms with Gasteiger partial charge in [-0.25, -0.2) is 9.78 Å². The van der Waals surface area contributed by atoms with Crippen LogP contribution in [0.15, 0.2) is 18.3 Å². The first-order chi connectivity index (χ1) is 24.9. The van der Waals surface area contributed by atoms with E-state index < -0.39 is 77.1 Å². The number of aliphatic hydroxyl groups excluding tert-OH is 1. The van der Waals surface area contributed by atoms with E-state index >= 15 is 0 Å². The van der Waals surface area contributed by atoms with Crippen molar-refractivity contribution >= 4 is 41.3 Å². The number of ether oxygens (including phenoxy) is 2. The van der Waals surface area contributed by atoms with Crippen LogP contribution in [0.4, 0.5) is 4.79 Å². The van der Waals surface area contributed by atoms with Gasteiger partial charge in [-0.3, -0.25) is 19.2 Å². The number of hydrogen-bond donors (Lipinski definition) is 5. The van der Waals surface area contributed by atoms with Crippen molar-refractivity contribution < 1.29 is 38.6 Å². The molecule has 1 aromatic heterocycles. The fourth-order valence-electron chi connectivity index (χ4n) is 6.92. The highest BCUT2D eigenvalue weighted by atomic mass is 35.5. The predicted octanol–water partition coefficient (Wildman–Crippen LogP) is 4.01. The second-order valence-corrected chi connectivity index (χ2v) is 17.2. The molecule has 1 saturated heterocycles. The van der Waals surface area contributed by atoms with E-state index in [1.54, 1.807) is 32.9 Å². The number of nitrogens with zero attached hydrogens (tertiary/aromatic N) is 2. The fourth-order valence-corrected chi connectivity index (χ4v) is 7.03. The van der Waals surface area contributed by atoms with Crippen LogP contribution in [-0.2, 0) is 23.9 Å². The number of halogens is 1. The monoisotopic (exact) mass is 762 g/mol. The zero-order valence-corrected chi connectivity index (χ0v) is 33.0. The van der Waals surface area contributed by atoms with E-state index in [9.17, 15) is 29.1 Å². The van der Waals surface area contributed by atoms with Crippen LogP contribution in [0.2, 0.25) is 5.02 Å². The average molecular weight is 763 g/mol. The van der Waals surface area contributed by atoms with Gasteiger partial charge in [0.05, 0.1) is 17.6 Å². The molecule has 6 atom stereocenters. The molecule has 15 heteroatoms. The van der Waals surface area contributed by atoms with Crippen molar-refractivity contribution in [3.05, 3.63) is 23.4 Å². The lowest BCUT2D eigenvalue weighted by molar-refractivity contribution is -0.145. The van der Waals surface area contributed by atoms with Gasteiger partial charge < -0.3 is 40.7 Å². The standard InChI is InChI=1S/C38H59ClN6O8/c1-8-12-26(30(46)34(49)41-24-16-17-24)42-32(47)27-19-25(52-28-18-15-23(39)20-40-28)21-45(27)35(50)31(37(2,3)4)44-33(48)29(22-13-10-9-11-14-22)43-36(51)53-38(5,6)7/h15,18,20,22,24-27,29-31,46H,8-14,16-17,19,21H2,1-7H3,(H,41,49)(H,42,47)(H,43,51)(H,44,48)/t25-,26+,27?,29+,30?,31-/m1/s1. The molecular weight excluding hydrogens is 704 g/mol. The third kappa shape index (κ3) is 12.4. The van der Waals surface area contributed by atoms with Gasteiger partial charge in [-0.05, 0) is 70.3 Å². The van der Waals surface area contributed by atoms with Crippen LogP contribution in [0.5, 0.6) is 5.88 Å². The Morgan fingerprint density at radius 2 is 1.64 bits per heavy atom. The Morgan fingerprint density at radius 1 is 0.962 bits per heavy atom. The van der Waals surface area contributed by atoms with E-state index in [0.29, 0.717) is 17.9 Å². The largest absolute Gasteiger partial charge is 0.472 e. The summed E-state index contributed by atoms with van der Waals surface area (Å²) in [5.74, 6) is -2.03. The molecule has 0 aromatic carbocycles. The Labute approximate surface area is 318 Å². The number of aromatic nitrogens is 1. The smallest absolute Gasteiger partial charge is 0.408 e. The van der Waals surface area contributed by atoms with Crippen LogP contribution in [0.1, 0.15) is 113 Å². The lowest BCUT2D eigenvalue weighted by atomic mass is 9.82. The Kier molecular flexibility index (Phi) is 14.4. The first-order valence-electron chi connectivity index (χ1n) is 19.0. The third-order valence-electron chi connectivity index (χ3n) is 9.81. The second kappa shape index (κ2) is 18.1. The number of pyridine rings is 1. The molecule has 1 aliphatic heterocycles. The Morgan fingerprint density at radius 3 is 2.21 bits per heavy atom. The molecule has 2 heterocycles. The molecule has 0 bridgehead atoms. The number of amides is 5. The van der Waals surface area contributed by atoms with E-state index in [0.717, 1.165) is 44.9 Å². The lowest BCUT2D eigenvalue weighted by Crippen LogP contribution is -2.62. The van der Waals surface area contributed by atoms with Crippen molar-refractivity contribution in [1.29, 1.82) is 0 Å². The van der Waals surface area contributed by atoms with Crippen LogP contribution in [0, 0.1) is 11.3 Å². The summed E-state index contributed by atoms with van der Waals surface area (Å²) in [5.41, 5.74) is -1.60. The number of carbonyl (C=O) groups excluding carboxylic acids is 5. The maximum atomic E-state index is 14.7. The number of likely N-dealkylation sites (tertiary alicyclic amines) is 1. The van der Waals surface area contributed by atoms with Crippen LogP contribution in [0.3, 0.4) is 0 Å². The SMILES string of the molecule is CCC[C@H](NC(=O)C1C[C@@H](Oc2ccc(Cl)cn2)CN1C(=O)[C@@H](NC(=O)[C@@H](NC(=O)OC(C)(C)C)C1CCCCC1)C(C)(C)C)C(O)C(=O)NC1CC1. The minimum absolute atomic E-state index is 0.00491. The van der Waals surface area contributed by atoms with Gasteiger partial charge in [0.25, 0.3) is 5.91 Å². The molecule has 2 unspecified atom stereocenters. The molecule has 4 rings (SSSR count). The first-order valence-corrected chi connectivity index (χ1v) is 19.4. The van der Waals surface area contributed by atoms with Crippen molar-refractivity contribution in [2.24, 2.45) is 11.3 Å². The van der Waals surface area contributed by atoms with E-state index in [4.69, 9.17) is 21.1 Å². The molecule has 0 spiro atoms. The van der Waals surface area contributed by atoms with Crippen molar-refractivity contribution in [3.63, 3.8) is 0 Å². The number of aliphatic hydroxyl groups is 1. The van der Waals surface area contributed by atoms with Crippen molar-refractivity contribution in [1.82, 2.24) is 31.2 Å². The van der Waals surface area contributed by atoms with Gasteiger partial charge in [-0.1, -0.05) is 65.0 Å². The molecule has 3 fully saturated rings. The molecule has 5 N–H and O–H groups in total. The number of alkyl carbamates (subject to hydrolysis) is 1. The lowest BCUT2D eigenvalue weighted by Gasteiger charge is -2.37. The quantitative estimate of drug-likeness (QED) is 0.187. The molecule has 1 aromatic rings. The minimum atomic E-state index is -1.48. The summed E-state index contributed by atoms with van der Waals surface area (Å²) in [6, 6.07) is -0.762. The average Bonchev–Trinajstić information content (AvgIpc) is 3.80. The summed E-state index contributed by atoms with van der Waals surface area (Å²) in [7, 11) is 0. The van der Waals surface area contributed by atoms with Crippen molar-refractivity contribution in [2.45, 2.75) is 161 Å². The van der Waals surface area contributed by atoms with Gasteiger partial charge in [-0.15, -0.1) is 0 Å². The topological polar surface area (TPSA) is 188 Å². The number of carbonyl (C=O) groups is 5. The van der Waals surface area contributed by atoms with Gasteiger partial charge in [0.1, 0.15) is 29.8 Å². The van der Waals surface area contributed by atoms with E-state index in [-0.39, 0.29) is 30.8 Å². The third-order valence-corrected chi connectivity index (χ3v) is 10.0. The maximum Gasteiger partial charge on any atom is 0.408 e. The second-order valence-electron chi connectivity index (χ2n) is 16.8. The first kappa shape index (κ1) is 42.1. The van der Waals surface area contributed by atoms with Crippen LogP contribution in [0.25, 0.3) is 0 Å². The zero-order chi connectivity index (χ0) is 39.1. The van der Waals surface area contributed by atoms with Crippen LogP contribution in [-0.4, -0.2) is 99.3 Å². The van der Waals surface area contributed by atoms with Gasteiger partial charge in [0, 0.05) is 24.7 Å². The van der Waals surface area contributed by atoms with Crippen molar-refractivity contribution in [2.75, 3.05) is 6.54 Å². The van der Waals surface area contributed by atoms with Gasteiger partial charge in [-0.2, -0.15) is 0 Å². The number of hydrogen-bond acceptors (Lipinski definition) is 9. The van der Waals surface area contributed by atoms with Crippen LogP contribution < -0.4 is 26.0 Å². The molecule has 53 heavy (non-hydrogen) atoms. The van der Waals surface area contributed by atoms with Crippen molar-refractivity contribution in [3.8, 4) is 5.88 Å². The Balaban J connectivity index is 1.60. The summed E-state index contributed by atoms with van der Waals surface area (Å²) >= 11 is 6.02.